The number of nitrogens with one attached hydrogen (secondary N) is 1. The lowest BCUT2D eigenvalue weighted by molar-refractivity contribution is -0.116. The lowest BCUT2D eigenvalue weighted by atomic mass is 9.77. The summed E-state index contributed by atoms with van der Waals surface area (Å²) >= 11 is 1.45. The first kappa shape index (κ1) is 16.6. The number of benzene rings is 3. The van der Waals surface area contributed by atoms with E-state index in [1.165, 1.54) is 11.8 Å². The molecule has 26 heavy (non-hydrogen) atoms. The van der Waals surface area contributed by atoms with Crippen molar-refractivity contribution in [1.82, 2.24) is 5.32 Å². The van der Waals surface area contributed by atoms with Gasteiger partial charge in [0.1, 0.15) is 5.54 Å². The van der Waals surface area contributed by atoms with Gasteiger partial charge in [0.25, 0.3) is 0 Å². The van der Waals surface area contributed by atoms with Gasteiger partial charge in [-0.25, -0.2) is 4.99 Å². The minimum absolute atomic E-state index is 0.00293. The second kappa shape index (κ2) is 7.18. The standard InChI is InChI=1S/C22H18N2OS/c25-20-16-26-21(23-20)24-22(17-10-4-1-5-11-17,18-12-6-2-7-13-18)19-14-8-3-9-15-19/h1-15H,16H2,(H,23,24,25). The maximum atomic E-state index is 11.7. The number of rotatable bonds is 4. The Morgan fingerprint density at radius 3 is 1.50 bits per heavy atom. The Kier molecular flexibility index (Phi) is 4.59. The topological polar surface area (TPSA) is 41.5 Å². The summed E-state index contributed by atoms with van der Waals surface area (Å²) in [7, 11) is 0. The number of thioether (sulfide) groups is 1. The van der Waals surface area contributed by atoms with Gasteiger partial charge in [0.05, 0.1) is 5.75 Å². The molecule has 1 N–H and O–H groups in total. The van der Waals surface area contributed by atoms with E-state index in [1.54, 1.807) is 0 Å². The zero-order valence-corrected chi connectivity index (χ0v) is 14.9. The Balaban J connectivity index is 2.02. The molecule has 1 fully saturated rings. The van der Waals surface area contributed by atoms with Crippen LogP contribution < -0.4 is 5.32 Å². The highest BCUT2D eigenvalue weighted by Gasteiger charge is 2.37. The van der Waals surface area contributed by atoms with Gasteiger partial charge in [-0.15, -0.1) is 0 Å². The summed E-state index contributed by atoms with van der Waals surface area (Å²) < 4.78 is 0. The van der Waals surface area contributed by atoms with Gasteiger partial charge in [0.2, 0.25) is 5.91 Å². The van der Waals surface area contributed by atoms with Crippen molar-refractivity contribution in [3.63, 3.8) is 0 Å². The van der Waals surface area contributed by atoms with Gasteiger partial charge in [0.15, 0.2) is 5.17 Å². The summed E-state index contributed by atoms with van der Waals surface area (Å²) in [4.78, 5) is 16.9. The highest BCUT2D eigenvalue weighted by Crippen LogP contribution is 2.41. The van der Waals surface area contributed by atoms with Crippen LogP contribution >= 0.6 is 11.8 Å². The van der Waals surface area contributed by atoms with E-state index in [9.17, 15) is 4.79 Å². The van der Waals surface area contributed by atoms with Crippen LogP contribution in [0.4, 0.5) is 0 Å². The molecule has 1 amide bonds. The van der Waals surface area contributed by atoms with E-state index in [4.69, 9.17) is 4.99 Å². The second-order valence-electron chi connectivity index (χ2n) is 6.06. The van der Waals surface area contributed by atoms with Gasteiger partial charge >= 0.3 is 0 Å². The van der Waals surface area contributed by atoms with E-state index < -0.39 is 5.54 Å². The highest BCUT2D eigenvalue weighted by molar-refractivity contribution is 8.15. The number of nitrogens with zero attached hydrogens (tertiary/aromatic N) is 1. The van der Waals surface area contributed by atoms with Gasteiger partial charge < -0.3 is 5.32 Å². The van der Waals surface area contributed by atoms with E-state index in [1.807, 2.05) is 54.6 Å². The zero-order chi connectivity index (χ0) is 17.8. The van der Waals surface area contributed by atoms with Gasteiger partial charge in [-0.1, -0.05) is 103 Å². The van der Waals surface area contributed by atoms with Crippen molar-refractivity contribution in [3.05, 3.63) is 108 Å². The predicted octanol–water partition coefficient (Wildman–Crippen LogP) is 4.20. The third-order valence-corrected chi connectivity index (χ3v) is 5.30. The lowest BCUT2D eigenvalue weighted by Crippen LogP contribution is -2.31. The number of amidine groups is 1. The Bertz CT molecular complexity index is 827. The number of carbonyl (C=O) groups excluding carboxylic acids is 1. The number of hydrogen-bond donors (Lipinski definition) is 1. The summed E-state index contributed by atoms with van der Waals surface area (Å²) in [6, 6.07) is 30.7. The third kappa shape index (κ3) is 3.04. The first-order valence-electron chi connectivity index (χ1n) is 8.48. The number of aliphatic imine (C=N–C) groups is 1. The average Bonchev–Trinajstić information content (AvgIpc) is 3.13. The van der Waals surface area contributed by atoms with Crippen LogP contribution in [0.1, 0.15) is 16.7 Å². The molecule has 3 nitrogen and oxygen atoms in total. The number of hydrogen-bond acceptors (Lipinski definition) is 3. The molecule has 0 spiro atoms. The van der Waals surface area contributed by atoms with Crippen molar-refractivity contribution >= 4 is 22.8 Å². The van der Waals surface area contributed by atoms with E-state index >= 15 is 0 Å². The van der Waals surface area contributed by atoms with Crippen molar-refractivity contribution in [3.8, 4) is 0 Å². The molecule has 0 bridgehead atoms. The van der Waals surface area contributed by atoms with Crippen LogP contribution in [0.15, 0.2) is 96.0 Å². The third-order valence-electron chi connectivity index (χ3n) is 4.43. The number of carbonyl (C=O) groups is 1. The first-order chi connectivity index (χ1) is 12.8. The van der Waals surface area contributed by atoms with E-state index in [0.29, 0.717) is 10.9 Å². The molecule has 1 aliphatic heterocycles. The van der Waals surface area contributed by atoms with E-state index in [2.05, 4.69) is 41.7 Å². The summed E-state index contributed by atoms with van der Waals surface area (Å²) in [5.74, 6) is 0.407. The van der Waals surface area contributed by atoms with Crippen LogP contribution in [-0.2, 0) is 10.3 Å². The molecule has 3 aromatic carbocycles. The normalized spacial score (nSPS) is 15.8. The molecular formula is C22H18N2OS. The molecule has 0 atom stereocenters. The monoisotopic (exact) mass is 358 g/mol. The minimum Gasteiger partial charge on any atom is -0.305 e. The molecular weight excluding hydrogens is 340 g/mol. The molecule has 0 radical (unpaired) electrons. The summed E-state index contributed by atoms with van der Waals surface area (Å²) in [5, 5.41) is 3.55. The maximum Gasteiger partial charge on any atom is 0.236 e. The van der Waals surface area contributed by atoms with Crippen LogP contribution in [-0.4, -0.2) is 16.8 Å². The minimum atomic E-state index is -0.719. The molecule has 128 valence electrons. The van der Waals surface area contributed by atoms with Crippen molar-refractivity contribution < 1.29 is 4.79 Å². The van der Waals surface area contributed by atoms with Gasteiger partial charge in [-0.05, 0) is 16.7 Å². The summed E-state index contributed by atoms with van der Waals surface area (Å²) in [5.41, 5.74) is 2.47. The molecule has 1 heterocycles. The molecule has 4 heteroatoms. The quantitative estimate of drug-likeness (QED) is 0.710. The summed E-state index contributed by atoms with van der Waals surface area (Å²) in [6.45, 7) is 0. The lowest BCUT2D eigenvalue weighted by Gasteiger charge is -2.32. The smallest absolute Gasteiger partial charge is 0.236 e. The second-order valence-corrected chi connectivity index (χ2v) is 7.03. The molecule has 0 aromatic heterocycles. The molecule has 1 aliphatic rings. The van der Waals surface area contributed by atoms with E-state index in [-0.39, 0.29) is 5.91 Å². The van der Waals surface area contributed by atoms with Crippen LogP contribution in [0.3, 0.4) is 0 Å². The fraction of sp³-hybridized carbons (Fsp3) is 0.0909. The van der Waals surface area contributed by atoms with Crippen molar-refractivity contribution in [2.24, 2.45) is 4.99 Å². The molecule has 4 rings (SSSR count). The molecule has 0 unspecified atom stereocenters. The molecule has 0 saturated carbocycles. The Morgan fingerprint density at radius 1 is 0.731 bits per heavy atom. The Hall–Kier alpha value is -2.85. The average molecular weight is 358 g/mol. The van der Waals surface area contributed by atoms with Gasteiger partial charge in [-0.3, -0.25) is 4.79 Å². The Morgan fingerprint density at radius 2 is 1.15 bits per heavy atom. The fourth-order valence-electron chi connectivity index (χ4n) is 3.27. The maximum absolute atomic E-state index is 11.7. The van der Waals surface area contributed by atoms with Gasteiger partial charge in [0, 0.05) is 0 Å². The van der Waals surface area contributed by atoms with Gasteiger partial charge in [-0.2, -0.15) is 0 Å². The van der Waals surface area contributed by atoms with Crippen LogP contribution in [0.5, 0.6) is 0 Å². The SMILES string of the molecule is O=C1CSC(=NC(c2ccccc2)(c2ccccc2)c2ccccc2)N1. The van der Waals surface area contributed by atoms with E-state index in [0.717, 1.165) is 16.7 Å². The van der Waals surface area contributed by atoms with Crippen LogP contribution in [0.25, 0.3) is 0 Å². The zero-order valence-electron chi connectivity index (χ0n) is 14.1. The largest absolute Gasteiger partial charge is 0.305 e. The Labute approximate surface area is 157 Å². The van der Waals surface area contributed by atoms with Crippen molar-refractivity contribution in [2.75, 3.05) is 5.75 Å². The molecule has 1 saturated heterocycles. The van der Waals surface area contributed by atoms with Crippen molar-refractivity contribution in [1.29, 1.82) is 0 Å². The predicted molar refractivity (Wildman–Crippen MR) is 107 cm³/mol. The molecule has 0 aliphatic carbocycles. The number of amides is 1. The summed E-state index contributed by atoms with van der Waals surface area (Å²) in [6.07, 6.45) is 0. The fourth-order valence-corrected chi connectivity index (χ4v) is 4.00. The van der Waals surface area contributed by atoms with Crippen LogP contribution in [0.2, 0.25) is 0 Å². The molecule has 3 aromatic rings. The highest BCUT2D eigenvalue weighted by atomic mass is 32.2. The first-order valence-corrected chi connectivity index (χ1v) is 9.47. The van der Waals surface area contributed by atoms with Crippen LogP contribution in [0, 0.1) is 0 Å². The van der Waals surface area contributed by atoms with Crippen molar-refractivity contribution in [2.45, 2.75) is 5.54 Å².